The third-order valence-electron chi connectivity index (χ3n) is 3.73. The summed E-state index contributed by atoms with van der Waals surface area (Å²) in [5, 5.41) is 6.59. The molecule has 6 nitrogen and oxygen atoms in total. The Balaban J connectivity index is 1.90. The van der Waals surface area contributed by atoms with Gasteiger partial charge in [0.05, 0.1) is 16.9 Å². The van der Waals surface area contributed by atoms with Crippen molar-refractivity contribution >= 4 is 41.0 Å². The van der Waals surface area contributed by atoms with Crippen LogP contribution in [0.4, 0.5) is 11.4 Å². The number of hydrogen-bond acceptors (Lipinski definition) is 4. The van der Waals surface area contributed by atoms with E-state index in [0.29, 0.717) is 10.7 Å². The van der Waals surface area contributed by atoms with Crippen LogP contribution in [0.5, 0.6) is 0 Å². The Morgan fingerprint density at radius 1 is 1.04 bits per heavy atom. The molecular weight excluding hydrogens is 352 g/mol. The highest BCUT2D eigenvalue weighted by Gasteiger charge is 2.14. The first kappa shape index (κ1) is 19.5. The third-order valence-corrected chi connectivity index (χ3v) is 4.06. The number of amides is 2. The van der Waals surface area contributed by atoms with E-state index in [1.807, 2.05) is 24.3 Å². The quantitative estimate of drug-likeness (QED) is 0.464. The third kappa shape index (κ3) is 5.32. The maximum atomic E-state index is 11.8. The second kappa shape index (κ2) is 9.58. The van der Waals surface area contributed by atoms with Crippen LogP contribution >= 0.6 is 11.6 Å². The number of para-hydroxylation sites is 1. The zero-order valence-corrected chi connectivity index (χ0v) is 15.5. The molecule has 2 aromatic rings. The van der Waals surface area contributed by atoms with Crippen LogP contribution in [-0.2, 0) is 9.59 Å². The minimum atomic E-state index is -0.874. The summed E-state index contributed by atoms with van der Waals surface area (Å²) >= 11 is 5.93. The van der Waals surface area contributed by atoms with E-state index in [1.165, 1.54) is 6.21 Å². The summed E-state index contributed by atoms with van der Waals surface area (Å²) in [4.78, 5) is 25.8. The van der Waals surface area contributed by atoms with Gasteiger partial charge in [-0.3, -0.25) is 9.59 Å². The molecule has 0 radical (unpaired) electrons. The molecule has 0 fully saturated rings. The maximum absolute atomic E-state index is 11.8. The fraction of sp³-hybridized carbons (Fsp3) is 0.211. The van der Waals surface area contributed by atoms with Crippen molar-refractivity contribution in [2.45, 2.75) is 13.8 Å². The summed E-state index contributed by atoms with van der Waals surface area (Å²) in [6, 6.07) is 14.4. The highest BCUT2D eigenvalue weighted by molar-refractivity contribution is 6.41. The molecule has 0 aliphatic carbocycles. The van der Waals surface area contributed by atoms with E-state index in [1.54, 1.807) is 24.3 Å². The topological polar surface area (TPSA) is 73.8 Å². The lowest BCUT2D eigenvalue weighted by atomic mass is 10.2. The van der Waals surface area contributed by atoms with Crippen molar-refractivity contribution in [3.8, 4) is 0 Å². The van der Waals surface area contributed by atoms with Crippen LogP contribution in [0.25, 0.3) is 0 Å². The number of hydrazone groups is 1. The van der Waals surface area contributed by atoms with Crippen LogP contribution in [0.15, 0.2) is 53.6 Å². The monoisotopic (exact) mass is 372 g/mol. The van der Waals surface area contributed by atoms with Crippen molar-refractivity contribution in [3.05, 3.63) is 59.1 Å². The molecule has 0 saturated carbocycles. The first-order chi connectivity index (χ1) is 12.5. The number of rotatable bonds is 6. The van der Waals surface area contributed by atoms with Gasteiger partial charge in [-0.25, -0.2) is 5.43 Å². The number of hydrogen-bond donors (Lipinski definition) is 2. The van der Waals surface area contributed by atoms with Crippen molar-refractivity contribution in [1.29, 1.82) is 0 Å². The van der Waals surface area contributed by atoms with E-state index >= 15 is 0 Å². The van der Waals surface area contributed by atoms with E-state index in [2.05, 4.69) is 34.6 Å². The zero-order valence-electron chi connectivity index (χ0n) is 14.7. The standard InChI is InChI=1S/C19H21ClN4O2/c1-3-24(4-2)15-11-9-14(10-12-15)13-21-23-19(26)18(25)22-17-8-6-5-7-16(17)20/h5-13H,3-4H2,1-2H3,(H,22,25)(H,23,26)/b21-13-. The molecule has 26 heavy (non-hydrogen) atoms. The van der Waals surface area contributed by atoms with Crippen LogP contribution < -0.4 is 15.6 Å². The Hall–Kier alpha value is -2.86. The SMILES string of the molecule is CCN(CC)c1ccc(/C=N\NC(=O)C(=O)Nc2ccccc2Cl)cc1. The van der Waals surface area contributed by atoms with E-state index in [-0.39, 0.29) is 0 Å². The lowest BCUT2D eigenvalue weighted by Crippen LogP contribution is -2.32. The number of halogens is 1. The molecule has 0 unspecified atom stereocenters. The maximum Gasteiger partial charge on any atom is 0.329 e. The smallest absolute Gasteiger partial charge is 0.329 e. The van der Waals surface area contributed by atoms with Crippen molar-refractivity contribution in [3.63, 3.8) is 0 Å². The lowest BCUT2D eigenvalue weighted by molar-refractivity contribution is -0.136. The first-order valence-electron chi connectivity index (χ1n) is 8.29. The average Bonchev–Trinajstić information content (AvgIpc) is 2.65. The second-order valence-electron chi connectivity index (χ2n) is 5.40. The molecular formula is C19H21ClN4O2. The molecule has 2 rings (SSSR count). The number of anilines is 2. The summed E-state index contributed by atoms with van der Waals surface area (Å²) in [6.45, 7) is 6.06. The summed E-state index contributed by atoms with van der Waals surface area (Å²) in [7, 11) is 0. The molecule has 2 amide bonds. The number of carbonyl (C=O) groups excluding carboxylic acids is 2. The highest BCUT2D eigenvalue weighted by Crippen LogP contribution is 2.20. The molecule has 0 atom stereocenters. The van der Waals surface area contributed by atoms with E-state index in [0.717, 1.165) is 24.3 Å². The molecule has 2 aromatic carbocycles. The zero-order chi connectivity index (χ0) is 18.9. The predicted molar refractivity (Wildman–Crippen MR) is 106 cm³/mol. The van der Waals surface area contributed by atoms with Crippen molar-refractivity contribution < 1.29 is 9.59 Å². The van der Waals surface area contributed by atoms with Gasteiger partial charge in [0.1, 0.15) is 0 Å². The lowest BCUT2D eigenvalue weighted by Gasteiger charge is -2.20. The van der Waals surface area contributed by atoms with E-state index in [4.69, 9.17) is 11.6 Å². The van der Waals surface area contributed by atoms with E-state index < -0.39 is 11.8 Å². The summed E-state index contributed by atoms with van der Waals surface area (Å²) in [6.07, 6.45) is 1.48. The van der Waals surface area contributed by atoms with Crippen LogP contribution in [0.1, 0.15) is 19.4 Å². The summed E-state index contributed by atoms with van der Waals surface area (Å²) < 4.78 is 0. The number of benzene rings is 2. The van der Waals surface area contributed by atoms with Crippen LogP contribution in [-0.4, -0.2) is 31.1 Å². The van der Waals surface area contributed by atoms with E-state index in [9.17, 15) is 9.59 Å². The van der Waals surface area contributed by atoms with Gasteiger partial charge in [0.15, 0.2) is 0 Å². The van der Waals surface area contributed by atoms with Gasteiger partial charge < -0.3 is 10.2 Å². The Kier molecular flexibility index (Phi) is 7.17. The van der Waals surface area contributed by atoms with Gasteiger partial charge in [-0.05, 0) is 43.7 Å². The minimum absolute atomic E-state index is 0.352. The molecule has 0 aliphatic heterocycles. The van der Waals surface area contributed by atoms with Gasteiger partial charge >= 0.3 is 11.8 Å². The summed E-state index contributed by atoms with van der Waals surface area (Å²) in [5.74, 6) is -1.71. The largest absolute Gasteiger partial charge is 0.372 e. The molecule has 0 bridgehead atoms. The van der Waals surface area contributed by atoms with Crippen molar-refractivity contribution in [1.82, 2.24) is 5.43 Å². The highest BCUT2D eigenvalue weighted by atomic mass is 35.5. The fourth-order valence-electron chi connectivity index (χ4n) is 2.32. The Morgan fingerprint density at radius 2 is 1.69 bits per heavy atom. The molecule has 0 saturated heterocycles. The first-order valence-corrected chi connectivity index (χ1v) is 8.66. The molecule has 0 aromatic heterocycles. The van der Waals surface area contributed by atoms with Crippen LogP contribution in [0.2, 0.25) is 5.02 Å². The molecule has 7 heteroatoms. The van der Waals surface area contributed by atoms with Crippen molar-refractivity contribution in [2.24, 2.45) is 5.10 Å². The van der Waals surface area contributed by atoms with Gasteiger partial charge in [0, 0.05) is 18.8 Å². The Bertz CT molecular complexity index is 786. The normalized spacial score (nSPS) is 10.6. The Labute approximate surface area is 157 Å². The van der Waals surface area contributed by atoms with Crippen LogP contribution in [0, 0.1) is 0 Å². The van der Waals surface area contributed by atoms with Crippen molar-refractivity contribution in [2.75, 3.05) is 23.3 Å². The van der Waals surface area contributed by atoms with Gasteiger partial charge in [0.25, 0.3) is 0 Å². The van der Waals surface area contributed by atoms with Gasteiger partial charge in [-0.2, -0.15) is 5.10 Å². The number of nitrogens with one attached hydrogen (secondary N) is 2. The Morgan fingerprint density at radius 3 is 2.31 bits per heavy atom. The number of nitrogens with zero attached hydrogens (tertiary/aromatic N) is 2. The molecule has 2 N–H and O–H groups in total. The van der Waals surface area contributed by atoms with Gasteiger partial charge in [-0.15, -0.1) is 0 Å². The average molecular weight is 373 g/mol. The second-order valence-corrected chi connectivity index (χ2v) is 5.80. The van der Waals surface area contributed by atoms with Gasteiger partial charge in [0.2, 0.25) is 0 Å². The van der Waals surface area contributed by atoms with Crippen LogP contribution in [0.3, 0.4) is 0 Å². The molecule has 0 aliphatic rings. The molecule has 136 valence electrons. The predicted octanol–water partition coefficient (Wildman–Crippen LogP) is 3.28. The number of carbonyl (C=O) groups is 2. The molecule has 0 spiro atoms. The summed E-state index contributed by atoms with van der Waals surface area (Å²) in [5.41, 5.74) is 4.49. The minimum Gasteiger partial charge on any atom is -0.372 e. The fourth-order valence-corrected chi connectivity index (χ4v) is 2.50. The van der Waals surface area contributed by atoms with Gasteiger partial charge in [-0.1, -0.05) is 35.9 Å². The molecule has 0 heterocycles.